The number of hydrogen-bond acceptors (Lipinski definition) is 5. The average molecular weight is 521 g/mol. The molecule has 2 aliphatic rings. The maximum Gasteiger partial charge on any atom is 0.256 e. The molecule has 180 valence electrons. The Hall–Kier alpha value is -4.27. The SMILES string of the molecule is NC(=O)c1ccncc1C(N)=O.O=C1CC(c2ccc(Cl)cc2)=C2C(=O)NC(c3ccc(Cl)cc3)=C12. The molecule has 0 saturated heterocycles. The van der Waals surface area contributed by atoms with Gasteiger partial charge in [-0.2, -0.15) is 0 Å². The van der Waals surface area contributed by atoms with E-state index in [0.29, 0.717) is 26.9 Å². The Balaban J connectivity index is 0.000000214. The van der Waals surface area contributed by atoms with Crippen LogP contribution in [0.2, 0.25) is 10.0 Å². The van der Waals surface area contributed by atoms with Crippen molar-refractivity contribution in [3.8, 4) is 0 Å². The van der Waals surface area contributed by atoms with Gasteiger partial charge in [0.25, 0.3) is 11.8 Å². The topological polar surface area (TPSA) is 145 Å². The molecular weight excluding hydrogens is 503 g/mol. The van der Waals surface area contributed by atoms with Gasteiger partial charge in [0.2, 0.25) is 5.91 Å². The Labute approximate surface area is 215 Å². The highest BCUT2D eigenvalue weighted by molar-refractivity contribution is 6.33. The fourth-order valence-corrected chi connectivity index (χ4v) is 4.17. The standard InChI is InChI=1S/C19H11Cl2NO2.C7H7N3O2/c20-12-5-1-10(2-6-12)14-9-15(23)17-16(14)19(24)22-18(17)11-3-7-13(21)8-4-11;8-6(11)4-1-2-10-3-5(4)7(9)12/h1-8H,9H2,(H,22,24);1-3H,(H2,8,11)(H2,9,12). The molecule has 0 saturated carbocycles. The van der Waals surface area contributed by atoms with E-state index in [1.165, 1.54) is 18.5 Å². The van der Waals surface area contributed by atoms with E-state index < -0.39 is 11.8 Å². The summed E-state index contributed by atoms with van der Waals surface area (Å²) in [5, 5.41) is 4.04. The molecule has 0 bridgehead atoms. The number of fused-ring (bicyclic) bond motifs is 1. The van der Waals surface area contributed by atoms with Gasteiger partial charge in [0.1, 0.15) is 0 Å². The molecule has 36 heavy (non-hydrogen) atoms. The summed E-state index contributed by atoms with van der Waals surface area (Å²) in [6.07, 6.45) is 2.80. The number of primary amides is 2. The van der Waals surface area contributed by atoms with Crippen molar-refractivity contribution < 1.29 is 19.2 Å². The third-order valence-electron chi connectivity index (χ3n) is 5.56. The van der Waals surface area contributed by atoms with Crippen molar-refractivity contribution >= 4 is 58.0 Å². The smallest absolute Gasteiger partial charge is 0.256 e. The number of hydrogen-bond donors (Lipinski definition) is 3. The van der Waals surface area contributed by atoms with Crippen molar-refractivity contribution in [3.63, 3.8) is 0 Å². The van der Waals surface area contributed by atoms with Gasteiger partial charge >= 0.3 is 0 Å². The van der Waals surface area contributed by atoms with Gasteiger partial charge in [-0.05, 0) is 47.0 Å². The lowest BCUT2D eigenvalue weighted by Crippen LogP contribution is -2.20. The van der Waals surface area contributed by atoms with Gasteiger partial charge < -0.3 is 16.8 Å². The number of carbonyl (C=O) groups excluding carboxylic acids is 4. The van der Waals surface area contributed by atoms with Crippen molar-refractivity contribution in [1.82, 2.24) is 10.3 Å². The predicted molar refractivity (Wildman–Crippen MR) is 136 cm³/mol. The molecule has 5 rings (SSSR count). The minimum absolute atomic E-state index is 0.0463. The van der Waals surface area contributed by atoms with E-state index in [1.807, 2.05) is 12.1 Å². The number of amides is 3. The van der Waals surface area contributed by atoms with Crippen molar-refractivity contribution in [1.29, 1.82) is 0 Å². The van der Waals surface area contributed by atoms with Crippen molar-refractivity contribution in [2.24, 2.45) is 11.5 Å². The van der Waals surface area contributed by atoms with Crippen LogP contribution in [0.4, 0.5) is 0 Å². The molecule has 0 radical (unpaired) electrons. The number of carbonyl (C=O) groups is 4. The fraction of sp³-hybridized carbons (Fsp3) is 0.0385. The van der Waals surface area contributed by atoms with Gasteiger partial charge in [-0.25, -0.2) is 0 Å². The lowest BCUT2D eigenvalue weighted by atomic mass is 10.0. The van der Waals surface area contributed by atoms with Crippen LogP contribution in [0.3, 0.4) is 0 Å². The average Bonchev–Trinajstić information content (AvgIpc) is 3.38. The zero-order chi connectivity index (χ0) is 26.0. The monoisotopic (exact) mass is 520 g/mol. The summed E-state index contributed by atoms with van der Waals surface area (Å²) in [5.41, 5.74) is 13.9. The summed E-state index contributed by atoms with van der Waals surface area (Å²) in [5.74, 6) is -1.70. The molecule has 1 aliphatic carbocycles. The molecular formula is C26H18Cl2N4O4. The largest absolute Gasteiger partial charge is 0.366 e. The Morgan fingerprint density at radius 3 is 1.86 bits per heavy atom. The van der Waals surface area contributed by atoms with Crippen LogP contribution in [0.15, 0.2) is 78.1 Å². The third-order valence-corrected chi connectivity index (χ3v) is 6.07. The van der Waals surface area contributed by atoms with E-state index in [9.17, 15) is 19.2 Å². The van der Waals surface area contributed by atoms with Crippen molar-refractivity contribution in [2.45, 2.75) is 6.42 Å². The van der Waals surface area contributed by atoms with Crippen LogP contribution < -0.4 is 16.8 Å². The Morgan fingerprint density at radius 2 is 1.33 bits per heavy atom. The van der Waals surface area contributed by atoms with Gasteiger partial charge in [-0.1, -0.05) is 47.5 Å². The van der Waals surface area contributed by atoms with Gasteiger partial charge in [-0.15, -0.1) is 0 Å². The molecule has 0 unspecified atom stereocenters. The maximum absolute atomic E-state index is 12.6. The highest BCUT2D eigenvalue weighted by atomic mass is 35.5. The van der Waals surface area contributed by atoms with Crippen LogP contribution in [-0.2, 0) is 9.59 Å². The van der Waals surface area contributed by atoms with Crippen LogP contribution >= 0.6 is 23.2 Å². The molecule has 0 atom stereocenters. The number of allylic oxidation sites excluding steroid dienone is 1. The molecule has 3 aromatic rings. The number of benzene rings is 2. The molecule has 1 aromatic heterocycles. The molecule has 10 heteroatoms. The molecule has 2 heterocycles. The van der Waals surface area contributed by atoms with E-state index in [2.05, 4.69) is 10.3 Å². The summed E-state index contributed by atoms with van der Waals surface area (Å²) in [4.78, 5) is 50.1. The number of halogens is 2. The maximum atomic E-state index is 12.6. The van der Waals surface area contributed by atoms with Crippen LogP contribution in [-0.4, -0.2) is 28.5 Å². The van der Waals surface area contributed by atoms with Crippen LogP contribution in [0, 0.1) is 0 Å². The van der Waals surface area contributed by atoms with Crippen LogP contribution in [0.1, 0.15) is 38.3 Å². The Kier molecular flexibility index (Phi) is 7.00. The van der Waals surface area contributed by atoms with E-state index in [1.54, 1.807) is 36.4 Å². The zero-order valence-electron chi connectivity index (χ0n) is 18.5. The van der Waals surface area contributed by atoms with Gasteiger partial charge in [0.15, 0.2) is 5.78 Å². The van der Waals surface area contributed by atoms with Crippen molar-refractivity contribution in [2.75, 3.05) is 0 Å². The summed E-state index contributed by atoms with van der Waals surface area (Å²) in [6.45, 7) is 0. The number of nitrogens with two attached hydrogens (primary N) is 2. The van der Waals surface area contributed by atoms with Gasteiger partial charge in [-0.3, -0.25) is 24.2 Å². The summed E-state index contributed by atoms with van der Waals surface area (Å²) < 4.78 is 0. The van der Waals surface area contributed by atoms with Crippen LogP contribution in [0.25, 0.3) is 11.3 Å². The highest BCUT2D eigenvalue weighted by Gasteiger charge is 2.40. The number of ketones is 1. The molecule has 0 fully saturated rings. The predicted octanol–water partition coefficient (Wildman–Crippen LogP) is 3.54. The number of nitrogens with one attached hydrogen (secondary N) is 1. The number of nitrogens with zero attached hydrogens (tertiary/aromatic N) is 1. The first kappa shape index (κ1) is 24.8. The van der Waals surface area contributed by atoms with Gasteiger partial charge in [0.05, 0.1) is 28.0 Å². The number of aromatic nitrogens is 1. The first-order valence-electron chi connectivity index (χ1n) is 10.5. The second-order valence-corrected chi connectivity index (χ2v) is 8.69. The highest BCUT2D eigenvalue weighted by Crippen LogP contribution is 2.42. The normalized spacial score (nSPS) is 14.3. The minimum atomic E-state index is -0.711. The van der Waals surface area contributed by atoms with Crippen molar-refractivity contribution in [3.05, 3.63) is 110 Å². The van der Waals surface area contributed by atoms with E-state index >= 15 is 0 Å². The number of rotatable bonds is 4. The molecule has 5 N–H and O–H groups in total. The molecule has 8 nitrogen and oxygen atoms in total. The van der Waals surface area contributed by atoms with Gasteiger partial charge in [0, 0.05) is 28.9 Å². The number of pyridine rings is 1. The quantitative estimate of drug-likeness (QED) is 0.481. The molecule has 2 aromatic carbocycles. The fourth-order valence-electron chi connectivity index (χ4n) is 3.92. The summed E-state index contributed by atoms with van der Waals surface area (Å²) >= 11 is 11.8. The lowest BCUT2D eigenvalue weighted by Gasteiger charge is -2.06. The van der Waals surface area contributed by atoms with E-state index in [0.717, 1.165) is 16.7 Å². The van der Waals surface area contributed by atoms with Crippen LogP contribution in [0.5, 0.6) is 0 Å². The van der Waals surface area contributed by atoms with E-state index in [-0.39, 0.29) is 29.2 Å². The summed E-state index contributed by atoms with van der Waals surface area (Å²) in [7, 11) is 0. The first-order chi connectivity index (χ1) is 17.2. The summed E-state index contributed by atoms with van der Waals surface area (Å²) in [6, 6.07) is 15.6. The minimum Gasteiger partial charge on any atom is -0.366 e. The molecule has 0 spiro atoms. The van der Waals surface area contributed by atoms with E-state index in [4.69, 9.17) is 34.7 Å². The first-order valence-corrected chi connectivity index (χ1v) is 11.3. The number of Topliss-reactive ketones (excluding diaryl/α,β-unsaturated/α-hetero) is 1. The second kappa shape index (κ2) is 10.2. The molecule has 3 amide bonds. The second-order valence-electron chi connectivity index (χ2n) is 7.82. The third kappa shape index (κ3) is 4.91. The Morgan fingerprint density at radius 1 is 0.778 bits per heavy atom. The lowest BCUT2D eigenvalue weighted by molar-refractivity contribution is -0.116. The molecule has 1 aliphatic heterocycles. The zero-order valence-corrected chi connectivity index (χ0v) is 20.1. The Bertz CT molecular complexity index is 1360.